The lowest BCUT2D eigenvalue weighted by atomic mass is 10.1. The van der Waals surface area contributed by atoms with Gasteiger partial charge in [-0.3, -0.25) is 9.78 Å². The Labute approximate surface area is 187 Å². The summed E-state index contributed by atoms with van der Waals surface area (Å²) in [5.41, 5.74) is 15.1. The predicted molar refractivity (Wildman–Crippen MR) is 125 cm³/mol. The number of allylic oxidation sites excluding steroid dienone is 2. The summed E-state index contributed by atoms with van der Waals surface area (Å²) in [6, 6.07) is 11.4. The number of hydrogen-bond donors (Lipinski definition) is 4. The molecule has 166 valence electrons. The molecule has 3 aromatic rings. The van der Waals surface area contributed by atoms with Crippen LogP contribution in [-0.4, -0.2) is 29.0 Å². The summed E-state index contributed by atoms with van der Waals surface area (Å²) in [5, 5.41) is 3.88. The van der Waals surface area contributed by atoms with Gasteiger partial charge in [0.2, 0.25) is 0 Å². The fraction of sp³-hybridized carbons (Fsp3) is 0.292. The standard InChI is InChI=1S/C24H28N6O2/c1-4-32-23-14-21(17-9-11-25-15(2)12-17)27-22-13-18(7-8-19(22)23)24(31)26-10-5-6-20-16(3)28-30-29-20/h7-9,11-14,28-30H,4-6,10H2,1-3H3,(H,26,31). The van der Waals surface area contributed by atoms with Crippen molar-refractivity contribution in [2.75, 3.05) is 13.2 Å². The van der Waals surface area contributed by atoms with Crippen LogP contribution >= 0.6 is 0 Å². The summed E-state index contributed by atoms with van der Waals surface area (Å²) < 4.78 is 5.87. The van der Waals surface area contributed by atoms with Gasteiger partial charge in [0.05, 0.1) is 17.8 Å². The first kappa shape index (κ1) is 21.6. The molecule has 0 fully saturated rings. The molecule has 8 heteroatoms. The van der Waals surface area contributed by atoms with Gasteiger partial charge in [0.1, 0.15) is 5.75 Å². The largest absolute Gasteiger partial charge is 0.493 e. The summed E-state index contributed by atoms with van der Waals surface area (Å²) in [7, 11) is 0. The lowest BCUT2D eigenvalue weighted by molar-refractivity contribution is 0.0953. The molecule has 0 bridgehead atoms. The summed E-state index contributed by atoms with van der Waals surface area (Å²) in [5.74, 6) is 0.641. The maximum Gasteiger partial charge on any atom is 0.251 e. The quantitative estimate of drug-likeness (QED) is 0.405. The smallest absolute Gasteiger partial charge is 0.251 e. The fourth-order valence-electron chi connectivity index (χ4n) is 3.65. The van der Waals surface area contributed by atoms with Gasteiger partial charge in [-0.25, -0.2) is 4.98 Å². The highest BCUT2D eigenvalue weighted by Gasteiger charge is 2.13. The molecule has 0 aliphatic carbocycles. The van der Waals surface area contributed by atoms with E-state index in [2.05, 4.69) is 26.7 Å². The van der Waals surface area contributed by atoms with Crippen LogP contribution in [0.5, 0.6) is 5.75 Å². The van der Waals surface area contributed by atoms with E-state index in [0.29, 0.717) is 18.7 Å². The molecule has 8 nitrogen and oxygen atoms in total. The summed E-state index contributed by atoms with van der Waals surface area (Å²) >= 11 is 0. The van der Waals surface area contributed by atoms with Crippen LogP contribution in [-0.2, 0) is 0 Å². The Balaban J connectivity index is 1.53. The summed E-state index contributed by atoms with van der Waals surface area (Å²) in [6.07, 6.45) is 3.45. The molecule has 0 atom stereocenters. The molecule has 1 aromatic carbocycles. The van der Waals surface area contributed by atoms with Crippen LogP contribution in [0.1, 0.15) is 42.7 Å². The average molecular weight is 433 g/mol. The molecule has 1 aliphatic rings. The summed E-state index contributed by atoms with van der Waals surface area (Å²) in [6.45, 7) is 7.04. The maximum absolute atomic E-state index is 12.7. The molecule has 1 aliphatic heterocycles. The van der Waals surface area contributed by atoms with Gasteiger partial charge in [-0.1, -0.05) is 0 Å². The lowest BCUT2D eigenvalue weighted by Gasteiger charge is -2.12. The molecule has 0 unspecified atom stereocenters. The number of fused-ring (bicyclic) bond motifs is 1. The van der Waals surface area contributed by atoms with Crippen LogP contribution in [0.3, 0.4) is 0 Å². The number of rotatable bonds is 8. The first-order chi connectivity index (χ1) is 15.5. The number of pyridine rings is 2. The molecule has 0 saturated heterocycles. The van der Waals surface area contributed by atoms with E-state index in [4.69, 9.17) is 9.72 Å². The highest BCUT2D eigenvalue weighted by molar-refractivity contribution is 5.99. The van der Waals surface area contributed by atoms with Crippen LogP contribution in [0.15, 0.2) is 54.0 Å². The molecular formula is C24H28N6O2. The number of nitrogens with zero attached hydrogens (tertiary/aromatic N) is 2. The number of nitrogens with one attached hydrogen (secondary N) is 4. The zero-order valence-electron chi connectivity index (χ0n) is 18.6. The van der Waals surface area contributed by atoms with Crippen LogP contribution in [0, 0.1) is 6.92 Å². The Kier molecular flexibility index (Phi) is 6.51. The number of carbonyl (C=O) groups is 1. The van der Waals surface area contributed by atoms with Crippen LogP contribution in [0.2, 0.25) is 0 Å². The Bertz CT molecular complexity index is 1170. The van der Waals surface area contributed by atoms with Gasteiger partial charge < -0.3 is 20.9 Å². The zero-order valence-corrected chi connectivity index (χ0v) is 18.6. The van der Waals surface area contributed by atoms with E-state index in [1.165, 1.54) is 0 Å². The van der Waals surface area contributed by atoms with E-state index in [1.54, 1.807) is 6.20 Å². The van der Waals surface area contributed by atoms with Gasteiger partial charge in [-0.05, 0) is 63.9 Å². The molecule has 4 N–H and O–H groups in total. The van der Waals surface area contributed by atoms with Crippen molar-refractivity contribution in [3.05, 3.63) is 65.2 Å². The number of amides is 1. The van der Waals surface area contributed by atoms with Gasteiger partial charge in [0, 0.05) is 52.4 Å². The van der Waals surface area contributed by atoms with Crippen LogP contribution in [0.25, 0.3) is 22.2 Å². The number of aromatic nitrogens is 2. The number of ether oxygens (including phenoxy) is 1. The molecular weight excluding hydrogens is 404 g/mol. The van der Waals surface area contributed by atoms with Crippen molar-refractivity contribution in [1.82, 2.24) is 31.7 Å². The Morgan fingerprint density at radius 2 is 2.00 bits per heavy atom. The molecule has 1 amide bonds. The third-order valence-electron chi connectivity index (χ3n) is 5.33. The second-order valence-corrected chi connectivity index (χ2v) is 7.69. The Hall–Kier alpha value is -3.65. The van der Waals surface area contributed by atoms with Gasteiger partial charge in [-0.2, -0.15) is 5.53 Å². The minimum atomic E-state index is -0.113. The number of aryl methyl sites for hydroxylation is 1. The highest BCUT2D eigenvalue weighted by Crippen LogP contribution is 2.31. The van der Waals surface area contributed by atoms with Crippen molar-refractivity contribution >= 4 is 16.8 Å². The SMILES string of the molecule is CCOc1cc(-c2ccnc(C)c2)nc2cc(C(=O)NCCCC3=C(C)NNN3)ccc12. The van der Waals surface area contributed by atoms with E-state index in [9.17, 15) is 4.79 Å². The van der Waals surface area contributed by atoms with Gasteiger partial charge in [0.15, 0.2) is 0 Å². The molecule has 2 aromatic heterocycles. The summed E-state index contributed by atoms with van der Waals surface area (Å²) in [4.78, 5) is 21.8. The topological polar surface area (TPSA) is 100 Å². The highest BCUT2D eigenvalue weighted by atomic mass is 16.5. The van der Waals surface area contributed by atoms with Crippen LogP contribution in [0.4, 0.5) is 0 Å². The number of hydrogen-bond acceptors (Lipinski definition) is 7. The molecule has 4 rings (SSSR count). The Morgan fingerprint density at radius 3 is 2.75 bits per heavy atom. The molecule has 3 heterocycles. The minimum absolute atomic E-state index is 0.113. The molecule has 32 heavy (non-hydrogen) atoms. The normalized spacial score (nSPS) is 13.1. The third kappa shape index (κ3) is 4.81. The van der Waals surface area contributed by atoms with E-state index in [0.717, 1.165) is 57.8 Å². The van der Waals surface area contributed by atoms with E-state index >= 15 is 0 Å². The maximum atomic E-state index is 12.7. The fourth-order valence-corrected chi connectivity index (χ4v) is 3.65. The molecule has 0 saturated carbocycles. The van der Waals surface area contributed by atoms with Gasteiger partial charge >= 0.3 is 0 Å². The number of hydrazine groups is 2. The Morgan fingerprint density at radius 1 is 1.12 bits per heavy atom. The number of benzene rings is 1. The third-order valence-corrected chi connectivity index (χ3v) is 5.33. The first-order valence-electron chi connectivity index (χ1n) is 10.8. The van der Waals surface area contributed by atoms with Crippen LogP contribution < -0.4 is 26.4 Å². The molecule has 0 radical (unpaired) electrons. The average Bonchev–Trinajstić information content (AvgIpc) is 3.20. The predicted octanol–water partition coefficient (Wildman–Crippen LogP) is 3.36. The first-order valence-corrected chi connectivity index (χ1v) is 10.8. The monoisotopic (exact) mass is 432 g/mol. The number of carbonyl (C=O) groups excluding carboxylic acids is 1. The van der Waals surface area contributed by atoms with Crippen molar-refractivity contribution in [2.24, 2.45) is 0 Å². The van der Waals surface area contributed by atoms with Crippen molar-refractivity contribution in [3.8, 4) is 17.0 Å². The second kappa shape index (κ2) is 9.65. The lowest BCUT2D eigenvalue weighted by Crippen LogP contribution is -2.32. The second-order valence-electron chi connectivity index (χ2n) is 7.69. The van der Waals surface area contributed by atoms with Crippen molar-refractivity contribution in [3.63, 3.8) is 0 Å². The van der Waals surface area contributed by atoms with E-state index < -0.39 is 0 Å². The zero-order chi connectivity index (χ0) is 22.5. The van der Waals surface area contributed by atoms with E-state index in [-0.39, 0.29) is 5.91 Å². The van der Waals surface area contributed by atoms with E-state index in [1.807, 2.05) is 57.2 Å². The van der Waals surface area contributed by atoms with Gasteiger partial charge in [0.25, 0.3) is 5.91 Å². The molecule has 0 spiro atoms. The van der Waals surface area contributed by atoms with Crippen molar-refractivity contribution in [1.29, 1.82) is 0 Å². The van der Waals surface area contributed by atoms with Crippen molar-refractivity contribution < 1.29 is 9.53 Å². The van der Waals surface area contributed by atoms with Gasteiger partial charge in [-0.15, -0.1) is 0 Å². The minimum Gasteiger partial charge on any atom is -0.493 e. The van der Waals surface area contributed by atoms with Crippen molar-refractivity contribution in [2.45, 2.75) is 33.6 Å².